The van der Waals surface area contributed by atoms with E-state index in [0.29, 0.717) is 12.0 Å². The maximum absolute atomic E-state index is 11.6. The highest BCUT2D eigenvalue weighted by atomic mass is 79.9. The van der Waals surface area contributed by atoms with Crippen LogP contribution in [0, 0.1) is 0 Å². The number of benzene rings is 1. The van der Waals surface area contributed by atoms with Crippen molar-refractivity contribution in [1.29, 1.82) is 0 Å². The highest BCUT2D eigenvalue weighted by Gasteiger charge is 2.10. The molecule has 0 heterocycles. The van der Waals surface area contributed by atoms with E-state index in [9.17, 15) is 9.59 Å². The number of halogens is 1. The van der Waals surface area contributed by atoms with Gasteiger partial charge < -0.3 is 0 Å². The van der Waals surface area contributed by atoms with Crippen LogP contribution in [0.2, 0.25) is 0 Å². The minimum atomic E-state index is -0.0878. The molecule has 0 aliphatic rings. The Kier molecular flexibility index (Phi) is 5.26. The summed E-state index contributed by atoms with van der Waals surface area (Å²) < 4.78 is 0. The monoisotopic (exact) mass is 268 g/mol. The van der Waals surface area contributed by atoms with E-state index in [2.05, 4.69) is 15.9 Å². The first-order valence-corrected chi connectivity index (χ1v) is 6.02. The van der Waals surface area contributed by atoms with Crippen molar-refractivity contribution in [2.24, 2.45) is 0 Å². The molecule has 0 amide bonds. The maximum atomic E-state index is 11.6. The normalized spacial score (nSPS) is 9.93. The molecule has 1 aromatic rings. The zero-order valence-electron chi connectivity index (χ0n) is 8.41. The van der Waals surface area contributed by atoms with Crippen LogP contribution in [-0.4, -0.2) is 16.9 Å². The van der Waals surface area contributed by atoms with E-state index in [4.69, 9.17) is 0 Å². The van der Waals surface area contributed by atoms with Gasteiger partial charge >= 0.3 is 0 Å². The van der Waals surface area contributed by atoms with E-state index >= 15 is 0 Å². The van der Waals surface area contributed by atoms with E-state index in [0.717, 1.165) is 11.8 Å². The summed E-state index contributed by atoms with van der Waals surface area (Å²) in [4.78, 5) is 22.9. The highest BCUT2D eigenvalue weighted by molar-refractivity contribution is 9.09. The van der Waals surface area contributed by atoms with Crippen molar-refractivity contribution in [3.05, 3.63) is 35.9 Å². The second-order valence-corrected chi connectivity index (χ2v) is 4.09. The first-order valence-electron chi connectivity index (χ1n) is 4.90. The molecule has 3 heteroatoms. The largest absolute Gasteiger partial charge is 0.299 e. The molecular formula is C12H13BrO2. The molecule has 0 bridgehead atoms. The Balaban J connectivity index is 2.46. The van der Waals surface area contributed by atoms with Gasteiger partial charge in [0.05, 0.1) is 6.42 Å². The number of hydrogen-bond donors (Lipinski definition) is 0. The highest BCUT2D eigenvalue weighted by Crippen LogP contribution is 2.06. The smallest absolute Gasteiger partial charge is 0.170 e. The number of Topliss-reactive ketones (excluding diaryl/α,β-unsaturated/α-hetero) is 2. The van der Waals surface area contributed by atoms with Gasteiger partial charge in [0, 0.05) is 17.3 Å². The first-order chi connectivity index (χ1) is 7.24. The van der Waals surface area contributed by atoms with Crippen LogP contribution < -0.4 is 0 Å². The number of carbonyl (C=O) groups excluding carboxylic acids is 2. The second-order valence-electron chi connectivity index (χ2n) is 3.30. The Hall–Kier alpha value is -0.960. The van der Waals surface area contributed by atoms with E-state index in [1.54, 1.807) is 24.3 Å². The summed E-state index contributed by atoms with van der Waals surface area (Å²) in [6.07, 6.45) is 1.29. The second kappa shape index (κ2) is 6.51. The Labute approximate surface area is 97.8 Å². The third-order valence-electron chi connectivity index (χ3n) is 2.04. The minimum Gasteiger partial charge on any atom is -0.299 e. The van der Waals surface area contributed by atoms with Crippen LogP contribution in [0.4, 0.5) is 0 Å². The van der Waals surface area contributed by atoms with Gasteiger partial charge in [-0.2, -0.15) is 0 Å². The number of carbonyl (C=O) groups is 2. The molecule has 0 aliphatic carbocycles. The lowest BCUT2D eigenvalue weighted by Crippen LogP contribution is -2.08. The zero-order valence-corrected chi connectivity index (χ0v) is 10.00. The fraction of sp³-hybridized carbons (Fsp3) is 0.333. The summed E-state index contributed by atoms with van der Waals surface area (Å²) in [5, 5.41) is 0.804. The summed E-state index contributed by atoms with van der Waals surface area (Å²) in [6.45, 7) is 0. The Morgan fingerprint density at radius 1 is 1.13 bits per heavy atom. The van der Waals surface area contributed by atoms with Crippen molar-refractivity contribution in [3.63, 3.8) is 0 Å². The first kappa shape index (κ1) is 12.1. The molecule has 2 nitrogen and oxygen atoms in total. The maximum Gasteiger partial charge on any atom is 0.170 e. The van der Waals surface area contributed by atoms with Gasteiger partial charge in [-0.15, -0.1) is 0 Å². The van der Waals surface area contributed by atoms with Crippen LogP contribution in [0.15, 0.2) is 30.3 Å². The fourth-order valence-electron chi connectivity index (χ4n) is 1.26. The van der Waals surface area contributed by atoms with Crippen molar-refractivity contribution in [2.75, 3.05) is 5.33 Å². The standard InChI is InChI=1S/C12H13BrO2/c13-8-4-7-11(14)9-12(15)10-5-2-1-3-6-10/h1-3,5-6H,4,7-9H2. The van der Waals surface area contributed by atoms with Gasteiger partial charge in [0.25, 0.3) is 0 Å². The topological polar surface area (TPSA) is 34.1 Å². The minimum absolute atomic E-state index is 0.0169. The van der Waals surface area contributed by atoms with Crippen LogP contribution in [-0.2, 0) is 4.79 Å². The van der Waals surface area contributed by atoms with E-state index < -0.39 is 0 Å². The van der Waals surface area contributed by atoms with Gasteiger partial charge in [0.1, 0.15) is 5.78 Å². The van der Waals surface area contributed by atoms with Crippen molar-refractivity contribution >= 4 is 27.5 Å². The van der Waals surface area contributed by atoms with E-state index in [1.807, 2.05) is 6.07 Å². The average Bonchev–Trinajstić information content (AvgIpc) is 2.27. The molecule has 80 valence electrons. The number of ketones is 2. The van der Waals surface area contributed by atoms with Crippen molar-refractivity contribution in [1.82, 2.24) is 0 Å². The fourth-order valence-corrected chi connectivity index (χ4v) is 1.54. The molecule has 0 unspecified atom stereocenters. The molecule has 0 spiro atoms. The Morgan fingerprint density at radius 2 is 1.80 bits per heavy atom. The molecule has 1 aromatic carbocycles. The summed E-state index contributed by atoms with van der Waals surface area (Å²) >= 11 is 3.25. The lowest BCUT2D eigenvalue weighted by molar-refractivity contribution is -0.118. The molecule has 0 saturated carbocycles. The zero-order chi connectivity index (χ0) is 11.1. The summed E-state index contributed by atoms with van der Waals surface area (Å²) in [5.74, 6) is -0.0709. The van der Waals surface area contributed by atoms with Crippen LogP contribution >= 0.6 is 15.9 Å². The molecule has 15 heavy (non-hydrogen) atoms. The number of rotatable bonds is 6. The molecule has 0 fully saturated rings. The molecule has 0 radical (unpaired) electrons. The quantitative estimate of drug-likeness (QED) is 0.452. The Bertz CT molecular complexity index is 333. The van der Waals surface area contributed by atoms with Crippen LogP contribution in [0.5, 0.6) is 0 Å². The van der Waals surface area contributed by atoms with Gasteiger partial charge in [-0.05, 0) is 6.42 Å². The van der Waals surface area contributed by atoms with Crippen LogP contribution in [0.3, 0.4) is 0 Å². The van der Waals surface area contributed by atoms with Gasteiger partial charge in [0.15, 0.2) is 5.78 Å². The summed E-state index contributed by atoms with van der Waals surface area (Å²) in [7, 11) is 0. The Morgan fingerprint density at radius 3 is 2.40 bits per heavy atom. The van der Waals surface area contributed by atoms with Gasteiger partial charge in [-0.25, -0.2) is 0 Å². The molecule has 0 N–H and O–H groups in total. The van der Waals surface area contributed by atoms with Gasteiger partial charge in [-0.1, -0.05) is 46.3 Å². The average molecular weight is 269 g/mol. The third-order valence-corrected chi connectivity index (χ3v) is 2.60. The number of hydrogen-bond acceptors (Lipinski definition) is 2. The molecule has 0 atom stereocenters. The van der Waals surface area contributed by atoms with E-state index in [-0.39, 0.29) is 18.0 Å². The van der Waals surface area contributed by atoms with E-state index in [1.165, 1.54) is 0 Å². The molecule has 0 aliphatic heterocycles. The predicted molar refractivity (Wildman–Crippen MR) is 63.4 cm³/mol. The summed E-state index contributed by atoms with van der Waals surface area (Å²) in [5.41, 5.74) is 0.615. The SMILES string of the molecule is O=C(CCCBr)CC(=O)c1ccccc1. The van der Waals surface area contributed by atoms with Crippen molar-refractivity contribution in [2.45, 2.75) is 19.3 Å². The third kappa shape index (κ3) is 4.38. The summed E-state index contributed by atoms with van der Waals surface area (Å²) in [6, 6.07) is 8.93. The molecule has 1 rings (SSSR count). The van der Waals surface area contributed by atoms with Gasteiger partial charge in [0.2, 0.25) is 0 Å². The van der Waals surface area contributed by atoms with Crippen LogP contribution in [0.1, 0.15) is 29.6 Å². The van der Waals surface area contributed by atoms with Crippen molar-refractivity contribution in [3.8, 4) is 0 Å². The predicted octanol–water partition coefficient (Wildman–Crippen LogP) is 3.00. The van der Waals surface area contributed by atoms with Crippen LogP contribution in [0.25, 0.3) is 0 Å². The number of alkyl halides is 1. The van der Waals surface area contributed by atoms with Crippen molar-refractivity contribution < 1.29 is 9.59 Å². The van der Waals surface area contributed by atoms with Gasteiger partial charge in [-0.3, -0.25) is 9.59 Å². The molecule has 0 aromatic heterocycles. The molecular weight excluding hydrogens is 256 g/mol. The lowest BCUT2D eigenvalue weighted by Gasteiger charge is -1.99. The lowest BCUT2D eigenvalue weighted by atomic mass is 10.0. The molecule has 0 saturated heterocycles.